The summed E-state index contributed by atoms with van der Waals surface area (Å²) in [6.45, 7) is 0. The van der Waals surface area contributed by atoms with Gasteiger partial charge in [0, 0.05) is 11.8 Å². The number of hydrogen-bond donors (Lipinski definition) is 1. The zero-order chi connectivity index (χ0) is 10.8. The van der Waals surface area contributed by atoms with Gasteiger partial charge in [-0.1, -0.05) is 10.6 Å². The lowest BCUT2D eigenvalue weighted by Crippen LogP contribution is -2.07. The molecule has 0 saturated heterocycles. The number of rotatable bonds is 2. The maximum absolute atomic E-state index is 8.48. The van der Waals surface area contributed by atoms with Gasteiger partial charge in [-0.25, -0.2) is 4.52 Å². The van der Waals surface area contributed by atoms with Crippen LogP contribution >= 0.6 is 0 Å². The number of ether oxygens (including phenoxy) is 1. The van der Waals surface area contributed by atoms with Gasteiger partial charge in [-0.2, -0.15) is 5.10 Å². The van der Waals surface area contributed by atoms with Gasteiger partial charge in [0.2, 0.25) is 0 Å². The van der Waals surface area contributed by atoms with E-state index in [1.165, 1.54) is 6.21 Å². The molecule has 0 amide bonds. The molecular formula is C9H8BN3O2. The highest BCUT2D eigenvalue weighted by Crippen LogP contribution is 2.20. The molecule has 0 atom stereocenters. The summed E-state index contributed by atoms with van der Waals surface area (Å²) in [4.78, 5) is 0. The summed E-state index contributed by atoms with van der Waals surface area (Å²) >= 11 is 0. The SMILES string of the molecule is [B]c1cc(OC)c2c(/C=N/O)cnn2c1. The Morgan fingerprint density at radius 3 is 3.13 bits per heavy atom. The Bertz CT molecular complexity index is 521. The van der Waals surface area contributed by atoms with Gasteiger partial charge in [-0.05, 0) is 6.07 Å². The summed E-state index contributed by atoms with van der Waals surface area (Å²) < 4.78 is 6.74. The van der Waals surface area contributed by atoms with Gasteiger partial charge in [0.05, 0.1) is 19.5 Å². The van der Waals surface area contributed by atoms with Crippen molar-refractivity contribution in [2.24, 2.45) is 5.16 Å². The van der Waals surface area contributed by atoms with Gasteiger partial charge in [0.25, 0.3) is 0 Å². The molecule has 15 heavy (non-hydrogen) atoms. The zero-order valence-electron chi connectivity index (χ0n) is 8.08. The third-order valence-electron chi connectivity index (χ3n) is 2.04. The molecule has 0 aliphatic carbocycles. The largest absolute Gasteiger partial charge is 0.494 e. The second kappa shape index (κ2) is 3.64. The number of aromatic nitrogens is 2. The van der Waals surface area contributed by atoms with Crippen molar-refractivity contribution < 1.29 is 9.94 Å². The molecule has 2 aromatic heterocycles. The molecule has 74 valence electrons. The quantitative estimate of drug-likeness (QED) is 0.320. The second-order valence-corrected chi connectivity index (χ2v) is 2.98. The van der Waals surface area contributed by atoms with E-state index in [-0.39, 0.29) is 0 Å². The number of nitrogens with zero attached hydrogens (tertiary/aromatic N) is 3. The van der Waals surface area contributed by atoms with Crippen LogP contribution in [0, 0.1) is 0 Å². The van der Waals surface area contributed by atoms with Crippen LogP contribution < -0.4 is 10.2 Å². The molecular weight excluding hydrogens is 193 g/mol. The Labute approximate surface area is 87.4 Å². The van der Waals surface area contributed by atoms with Crippen molar-refractivity contribution in [3.63, 3.8) is 0 Å². The van der Waals surface area contributed by atoms with E-state index >= 15 is 0 Å². The number of fused-ring (bicyclic) bond motifs is 1. The number of pyridine rings is 1. The van der Waals surface area contributed by atoms with E-state index in [1.807, 2.05) is 0 Å². The van der Waals surface area contributed by atoms with Crippen molar-refractivity contribution in [3.05, 3.63) is 24.0 Å². The van der Waals surface area contributed by atoms with Crippen LogP contribution in [0.1, 0.15) is 5.56 Å². The number of hydrogen-bond acceptors (Lipinski definition) is 4. The smallest absolute Gasteiger partial charge is 0.144 e. The third kappa shape index (κ3) is 1.54. The maximum Gasteiger partial charge on any atom is 0.144 e. The molecule has 5 nitrogen and oxygen atoms in total. The highest BCUT2D eigenvalue weighted by atomic mass is 16.5. The van der Waals surface area contributed by atoms with Crippen molar-refractivity contribution in [1.29, 1.82) is 0 Å². The Balaban J connectivity index is 2.77. The van der Waals surface area contributed by atoms with E-state index in [4.69, 9.17) is 17.8 Å². The first-order chi connectivity index (χ1) is 7.26. The van der Waals surface area contributed by atoms with Gasteiger partial charge < -0.3 is 9.94 Å². The lowest BCUT2D eigenvalue weighted by Gasteiger charge is -2.05. The first kappa shape index (κ1) is 9.58. The van der Waals surface area contributed by atoms with Gasteiger partial charge in [-0.15, -0.1) is 0 Å². The average Bonchev–Trinajstić information content (AvgIpc) is 2.61. The minimum atomic E-state index is 0.551. The molecule has 2 heterocycles. The molecule has 0 bridgehead atoms. The van der Waals surface area contributed by atoms with Crippen LogP contribution in [-0.4, -0.2) is 36.0 Å². The highest BCUT2D eigenvalue weighted by Gasteiger charge is 2.08. The Morgan fingerprint density at radius 2 is 2.47 bits per heavy atom. The molecule has 2 rings (SSSR count). The molecule has 2 radical (unpaired) electrons. The van der Waals surface area contributed by atoms with Crippen molar-refractivity contribution >= 4 is 25.0 Å². The molecule has 0 aromatic carbocycles. The van der Waals surface area contributed by atoms with Crippen molar-refractivity contribution in [2.75, 3.05) is 7.11 Å². The zero-order valence-corrected chi connectivity index (χ0v) is 8.08. The molecule has 0 fully saturated rings. The van der Waals surface area contributed by atoms with E-state index in [0.29, 0.717) is 22.3 Å². The molecule has 2 aromatic rings. The first-order valence-corrected chi connectivity index (χ1v) is 4.24. The van der Waals surface area contributed by atoms with Gasteiger partial charge in [-0.3, -0.25) is 0 Å². The van der Waals surface area contributed by atoms with E-state index in [2.05, 4.69) is 10.3 Å². The van der Waals surface area contributed by atoms with Crippen LogP contribution in [0.4, 0.5) is 0 Å². The average molecular weight is 201 g/mol. The van der Waals surface area contributed by atoms with Crippen LogP contribution in [-0.2, 0) is 0 Å². The van der Waals surface area contributed by atoms with Crippen molar-refractivity contribution in [1.82, 2.24) is 9.61 Å². The minimum absolute atomic E-state index is 0.551. The molecule has 0 spiro atoms. The van der Waals surface area contributed by atoms with Crippen LogP contribution in [0.3, 0.4) is 0 Å². The van der Waals surface area contributed by atoms with Crippen molar-refractivity contribution in [3.8, 4) is 5.75 Å². The molecule has 6 heteroatoms. The van der Waals surface area contributed by atoms with Crippen LogP contribution in [0.15, 0.2) is 23.6 Å². The monoisotopic (exact) mass is 201 g/mol. The summed E-state index contributed by atoms with van der Waals surface area (Å²) in [5.74, 6) is 0.586. The Morgan fingerprint density at radius 1 is 1.67 bits per heavy atom. The summed E-state index contributed by atoms with van der Waals surface area (Å²) in [5, 5.41) is 15.5. The fraction of sp³-hybridized carbons (Fsp3) is 0.111. The number of oxime groups is 1. The first-order valence-electron chi connectivity index (χ1n) is 4.24. The standard InChI is InChI=1S/C9H8BN3O2/c1-15-8-2-7(10)5-13-9(8)6(3-11-13)4-12-14/h2-5,14H,1H3/b12-4+. The summed E-state index contributed by atoms with van der Waals surface area (Å²) in [5.41, 5.74) is 1.92. The summed E-state index contributed by atoms with van der Waals surface area (Å²) in [6.07, 6.45) is 4.52. The summed E-state index contributed by atoms with van der Waals surface area (Å²) in [7, 11) is 7.20. The summed E-state index contributed by atoms with van der Waals surface area (Å²) in [6, 6.07) is 1.69. The fourth-order valence-electron chi connectivity index (χ4n) is 1.44. The number of methoxy groups -OCH3 is 1. The molecule has 0 unspecified atom stereocenters. The van der Waals surface area contributed by atoms with E-state index < -0.39 is 0 Å². The minimum Gasteiger partial charge on any atom is -0.494 e. The Kier molecular flexibility index (Phi) is 2.33. The molecule has 0 saturated carbocycles. The van der Waals surface area contributed by atoms with E-state index in [9.17, 15) is 0 Å². The highest BCUT2D eigenvalue weighted by molar-refractivity contribution is 6.32. The third-order valence-corrected chi connectivity index (χ3v) is 2.04. The molecule has 0 aliphatic rings. The lowest BCUT2D eigenvalue weighted by atomic mass is 9.98. The molecule has 1 N–H and O–H groups in total. The fourth-order valence-corrected chi connectivity index (χ4v) is 1.44. The predicted molar refractivity (Wildman–Crippen MR) is 56.5 cm³/mol. The van der Waals surface area contributed by atoms with Gasteiger partial charge in [0.1, 0.15) is 19.1 Å². The maximum atomic E-state index is 8.48. The van der Waals surface area contributed by atoms with Gasteiger partial charge >= 0.3 is 0 Å². The predicted octanol–water partition coefficient (Wildman–Crippen LogP) is -0.0552. The van der Waals surface area contributed by atoms with E-state index in [1.54, 1.807) is 30.1 Å². The lowest BCUT2D eigenvalue weighted by molar-refractivity contribution is 0.322. The van der Waals surface area contributed by atoms with Crippen LogP contribution in [0.25, 0.3) is 5.52 Å². The topological polar surface area (TPSA) is 59.1 Å². The van der Waals surface area contributed by atoms with Crippen LogP contribution in [0.2, 0.25) is 0 Å². The normalized spacial score (nSPS) is 11.3. The Hall–Kier alpha value is -1.98. The van der Waals surface area contributed by atoms with Crippen molar-refractivity contribution in [2.45, 2.75) is 0 Å². The van der Waals surface area contributed by atoms with Gasteiger partial charge in [0.15, 0.2) is 0 Å². The van der Waals surface area contributed by atoms with Crippen LogP contribution in [0.5, 0.6) is 5.75 Å². The second-order valence-electron chi connectivity index (χ2n) is 2.98. The molecule has 0 aliphatic heterocycles. The van der Waals surface area contributed by atoms with E-state index in [0.717, 1.165) is 0 Å².